The minimum atomic E-state index is -0.502. The first kappa shape index (κ1) is 19.3. The molecule has 1 amide bonds. The van der Waals surface area contributed by atoms with E-state index in [4.69, 9.17) is 16.3 Å². The Morgan fingerprint density at radius 1 is 1.24 bits per heavy atom. The smallest absolute Gasteiger partial charge is 0.261 e. The molecule has 2 aromatic carbocycles. The lowest BCUT2D eigenvalue weighted by Crippen LogP contribution is -2.30. The molecular formula is C21H15ClFN3O2S. The van der Waals surface area contributed by atoms with Crippen molar-refractivity contribution in [2.45, 2.75) is 6.54 Å². The topological polar surface area (TPSA) is 55.3 Å². The summed E-state index contributed by atoms with van der Waals surface area (Å²) in [6.07, 6.45) is 3.35. The predicted octanol–water partition coefficient (Wildman–Crippen LogP) is 5.34. The summed E-state index contributed by atoms with van der Waals surface area (Å²) in [4.78, 5) is 23.6. The third-order valence-electron chi connectivity index (χ3n) is 4.28. The molecule has 0 aliphatic rings. The van der Waals surface area contributed by atoms with Gasteiger partial charge in [0.05, 0.1) is 34.5 Å². The number of aromatic nitrogens is 2. The third-order valence-corrected chi connectivity index (χ3v) is 5.66. The zero-order chi connectivity index (χ0) is 20.4. The lowest BCUT2D eigenvalue weighted by molar-refractivity contribution is 0.0985. The largest absolute Gasteiger partial charge is 0.497 e. The first-order valence-corrected chi connectivity index (χ1v) is 9.85. The van der Waals surface area contributed by atoms with Crippen molar-refractivity contribution in [2.75, 3.05) is 12.0 Å². The molecule has 0 bridgehead atoms. The number of rotatable bonds is 5. The van der Waals surface area contributed by atoms with Crippen LogP contribution in [0.2, 0.25) is 5.02 Å². The molecule has 0 N–H and O–H groups in total. The highest BCUT2D eigenvalue weighted by molar-refractivity contribution is 7.22. The van der Waals surface area contributed by atoms with Gasteiger partial charge in [-0.1, -0.05) is 29.0 Å². The molecule has 146 valence electrons. The van der Waals surface area contributed by atoms with Gasteiger partial charge in [-0.15, -0.1) is 0 Å². The molecule has 0 saturated carbocycles. The quantitative estimate of drug-likeness (QED) is 0.431. The summed E-state index contributed by atoms with van der Waals surface area (Å²) in [7, 11) is 1.59. The Kier molecular flexibility index (Phi) is 5.42. The number of amides is 1. The van der Waals surface area contributed by atoms with Gasteiger partial charge >= 0.3 is 0 Å². The number of hydrogen-bond acceptors (Lipinski definition) is 5. The van der Waals surface area contributed by atoms with Crippen LogP contribution in [-0.4, -0.2) is 23.0 Å². The number of anilines is 1. The first-order chi connectivity index (χ1) is 14.0. The lowest BCUT2D eigenvalue weighted by atomic mass is 10.2. The van der Waals surface area contributed by atoms with Crippen LogP contribution in [0.5, 0.6) is 5.75 Å². The molecule has 0 spiro atoms. The second kappa shape index (κ2) is 8.14. The van der Waals surface area contributed by atoms with Crippen LogP contribution in [-0.2, 0) is 6.54 Å². The summed E-state index contributed by atoms with van der Waals surface area (Å²) >= 11 is 7.52. The van der Waals surface area contributed by atoms with E-state index in [1.165, 1.54) is 28.4 Å². The number of carbonyl (C=O) groups excluding carboxylic acids is 1. The molecule has 0 aliphatic heterocycles. The van der Waals surface area contributed by atoms with Gasteiger partial charge in [0.15, 0.2) is 5.13 Å². The van der Waals surface area contributed by atoms with E-state index >= 15 is 0 Å². The summed E-state index contributed by atoms with van der Waals surface area (Å²) in [5.74, 6) is -0.191. The van der Waals surface area contributed by atoms with Crippen molar-refractivity contribution in [1.29, 1.82) is 0 Å². The van der Waals surface area contributed by atoms with Gasteiger partial charge in [0.1, 0.15) is 11.6 Å². The van der Waals surface area contributed by atoms with Gasteiger partial charge in [0, 0.05) is 18.5 Å². The second-order valence-electron chi connectivity index (χ2n) is 6.21. The second-order valence-corrected chi connectivity index (χ2v) is 7.62. The number of halogens is 2. The summed E-state index contributed by atoms with van der Waals surface area (Å²) in [5.41, 5.74) is 1.75. The number of nitrogens with zero attached hydrogens (tertiary/aromatic N) is 3. The van der Waals surface area contributed by atoms with E-state index in [9.17, 15) is 9.18 Å². The number of benzene rings is 2. The van der Waals surface area contributed by atoms with Crippen LogP contribution in [0.1, 0.15) is 15.9 Å². The standard InChI is InChI=1S/C21H15ClFN3O2S/c1-28-15-5-7-19-18(10-15)25-21(29-19)26(12-13-3-2-8-24-11-13)20(27)16-6-4-14(23)9-17(16)22/h2-11H,12H2,1H3. The van der Waals surface area contributed by atoms with Crippen LogP contribution in [0.3, 0.4) is 0 Å². The molecule has 0 aliphatic carbocycles. The summed E-state index contributed by atoms with van der Waals surface area (Å²) in [6, 6.07) is 12.9. The Balaban J connectivity index is 1.78. The lowest BCUT2D eigenvalue weighted by Gasteiger charge is -2.20. The van der Waals surface area contributed by atoms with Crippen LogP contribution in [0.15, 0.2) is 60.9 Å². The number of methoxy groups -OCH3 is 1. The molecule has 4 aromatic rings. The van der Waals surface area contributed by atoms with Crippen LogP contribution >= 0.6 is 22.9 Å². The summed E-state index contributed by atoms with van der Waals surface area (Å²) in [5, 5.41) is 0.552. The molecule has 2 heterocycles. The summed E-state index contributed by atoms with van der Waals surface area (Å²) in [6.45, 7) is 0.247. The van der Waals surface area contributed by atoms with Crippen molar-refractivity contribution in [3.8, 4) is 5.75 Å². The van der Waals surface area contributed by atoms with Crippen molar-refractivity contribution >= 4 is 44.2 Å². The van der Waals surface area contributed by atoms with Gasteiger partial charge in [-0.2, -0.15) is 0 Å². The normalized spacial score (nSPS) is 10.9. The van der Waals surface area contributed by atoms with Crippen molar-refractivity contribution in [2.24, 2.45) is 0 Å². The zero-order valence-electron chi connectivity index (χ0n) is 15.3. The highest BCUT2D eigenvalue weighted by Crippen LogP contribution is 2.33. The monoisotopic (exact) mass is 427 g/mol. The van der Waals surface area contributed by atoms with Crippen molar-refractivity contribution in [1.82, 2.24) is 9.97 Å². The maximum atomic E-state index is 13.5. The Labute approximate surface area is 175 Å². The van der Waals surface area contributed by atoms with Crippen molar-refractivity contribution in [3.05, 3.63) is 82.9 Å². The van der Waals surface area contributed by atoms with Crippen molar-refractivity contribution < 1.29 is 13.9 Å². The van der Waals surface area contributed by atoms with Crippen LogP contribution in [0, 0.1) is 5.82 Å². The first-order valence-electron chi connectivity index (χ1n) is 8.65. The molecule has 29 heavy (non-hydrogen) atoms. The fourth-order valence-electron chi connectivity index (χ4n) is 2.85. The molecular weight excluding hydrogens is 413 g/mol. The van der Waals surface area contributed by atoms with E-state index in [2.05, 4.69) is 9.97 Å². The molecule has 4 rings (SSSR count). The molecule has 8 heteroatoms. The van der Waals surface area contributed by atoms with E-state index in [0.717, 1.165) is 21.8 Å². The summed E-state index contributed by atoms with van der Waals surface area (Å²) < 4.78 is 19.6. The number of thiazole rings is 1. The third kappa shape index (κ3) is 4.06. The number of fused-ring (bicyclic) bond motifs is 1. The average Bonchev–Trinajstić information content (AvgIpc) is 3.15. The number of hydrogen-bond donors (Lipinski definition) is 0. The molecule has 0 fully saturated rings. The minimum absolute atomic E-state index is 0.0500. The van der Waals surface area contributed by atoms with Gasteiger partial charge in [0.25, 0.3) is 5.91 Å². The number of carbonyl (C=O) groups is 1. The van der Waals surface area contributed by atoms with E-state index in [1.807, 2.05) is 24.3 Å². The fraction of sp³-hybridized carbons (Fsp3) is 0.0952. The molecule has 0 saturated heterocycles. The Hall–Kier alpha value is -3.03. The van der Waals surface area contributed by atoms with Gasteiger partial charge in [-0.25, -0.2) is 9.37 Å². The maximum Gasteiger partial charge on any atom is 0.261 e. The number of pyridine rings is 1. The van der Waals surface area contributed by atoms with Gasteiger partial charge in [-0.05, 0) is 42.0 Å². The van der Waals surface area contributed by atoms with Crippen LogP contribution in [0.25, 0.3) is 10.2 Å². The Bertz CT molecular complexity index is 1180. The van der Waals surface area contributed by atoms with Gasteiger partial charge in [-0.3, -0.25) is 14.7 Å². The van der Waals surface area contributed by atoms with Crippen LogP contribution in [0.4, 0.5) is 9.52 Å². The zero-order valence-corrected chi connectivity index (χ0v) is 16.9. The molecule has 0 atom stereocenters. The van der Waals surface area contributed by atoms with Gasteiger partial charge in [0.2, 0.25) is 0 Å². The van der Waals surface area contributed by atoms with Gasteiger partial charge < -0.3 is 4.74 Å². The van der Waals surface area contributed by atoms with E-state index in [1.54, 1.807) is 25.6 Å². The molecule has 5 nitrogen and oxygen atoms in total. The minimum Gasteiger partial charge on any atom is -0.497 e. The van der Waals surface area contributed by atoms with Crippen LogP contribution < -0.4 is 9.64 Å². The van der Waals surface area contributed by atoms with E-state index in [0.29, 0.717) is 10.9 Å². The fourth-order valence-corrected chi connectivity index (χ4v) is 4.04. The van der Waals surface area contributed by atoms with E-state index < -0.39 is 5.82 Å². The molecule has 2 aromatic heterocycles. The Morgan fingerprint density at radius 3 is 2.83 bits per heavy atom. The molecule has 0 radical (unpaired) electrons. The highest BCUT2D eigenvalue weighted by Gasteiger charge is 2.24. The predicted molar refractivity (Wildman–Crippen MR) is 112 cm³/mol. The average molecular weight is 428 g/mol. The maximum absolute atomic E-state index is 13.5. The SMILES string of the molecule is COc1ccc2sc(N(Cc3cccnc3)C(=O)c3ccc(F)cc3Cl)nc2c1. The molecule has 0 unspecified atom stereocenters. The van der Waals surface area contributed by atoms with Crippen molar-refractivity contribution in [3.63, 3.8) is 0 Å². The van der Waals surface area contributed by atoms with E-state index in [-0.39, 0.29) is 23.0 Å². The highest BCUT2D eigenvalue weighted by atomic mass is 35.5. The Morgan fingerprint density at radius 2 is 2.10 bits per heavy atom. The number of ether oxygens (including phenoxy) is 1.